The van der Waals surface area contributed by atoms with E-state index in [2.05, 4.69) is 32.9 Å². The fourth-order valence-electron chi connectivity index (χ4n) is 1.17. The second kappa shape index (κ2) is 2.09. The van der Waals surface area contributed by atoms with E-state index >= 15 is 0 Å². The summed E-state index contributed by atoms with van der Waals surface area (Å²) in [5, 5.41) is 0. The lowest BCUT2D eigenvalue weighted by molar-refractivity contribution is 0.595. The largest absolute Gasteiger partial charge is 0.151 e. The monoisotopic (exact) mass is 123 g/mol. The van der Waals surface area contributed by atoms with Gasteiger partial charge in [-0.3, -0.25) is 0 Å². The highest BCUT2D eigenvalue weighted by Crippen LogP contribution is 2.56. The maximum Gasteiger partial charge on any atom is 0.151 e. The molecule has 1 fully saturated rings. The Bertz CT molecular complexity index is 124. The highest BCUT2D eigenvalue weighted by molar-refractivity contribution is 5.21. The molecular formula is C9H15+. The van der Waals surface area contributed by atoms with Crippen LogP contribution in [0.5, 0.6) is 0 Å². The predicted molar refractivity (Wildman–Crippen MR) is 41.1 cm³/mol. The molecule has 1 unspecified atom stereocenters. The first-order chi connectivity index (χ1) is 4.19. The predicted octanol–water partition coefficient (Wildman–Crippen LogP) is 2.96. The molecule has 9 heavy (non-hydrogen) atoms. The van der Waals surface area contributed by atoms with Crippen LogP contribution in [0.4, 0.5) is 0 Å². The molecule has 0 aromatic heterocycles. The molecule has 0 spiro atoms. The zero-order valence-corrected chi connectivity index (χ0v) is 6.57. The number of rotatable bonds is 2. The summed E-state index contributed by atoms with van der Waals surface area (Å²) in [7, 11) is 0. The van der Waals surface area contributed by atoms with Crippen LogP contribution in [0.25, 0.3) is 0 Å². The van der Waals surface area contributed by atoms with E-state index in [9.17, 15) is 0 Å². The summed E-state index contributed by atoms with van der Waals surface area (Å²) >= 11 is 0. The van der Waals surface area contributed by atoms with E-state index in [0.717, 1.165) is 0 Å². The average molecular weight is 123 g/mol. The van der Waals surface area contributed by atoms with Crippen molar-refractivity contribution in [3.05, 3.63) is 18.1 Å². The van der Waals surface area contributed by atoms with Crippen molar-refractivity contribution in [2.45, 2.75) is 33.6 Å². The van der Waals surface area contributed by atoms with Gasteiger partial charge in [0.15, 0.2) is 5.41 Å². The van der Waals surface area contributed by atoms with Gasteiger partial charge in [-0.1, -0.05) is 12.2 Å². The van der Waals surface area contributed by atoms with Crippen molar-refractivity contribution in [2.75, 3.05) is 0 Å². The van der Waals surface area contributed by atoms with Crippen molar-refractivity contribution in [3.8, 4) is 0 Å². The van der Waals surface area contributed by atoms with E-state index in [4.69, 9.17) is 0 Å². The topological polar surface area (TPSA) is 0 Å². The summed E-state index contributed by atoms with van der Waals surface area (Å²) in [6, 6.07) is 0. The standard InChI is InChI=1S/C9H15/c1-4-5-6-9(3)7-8(9)2/h4-5H,6-7H2,1-3H3/q+1/b5-4-. The van der Waals surface area contributed by atoms with Gasteiger partial charge in [0, 0.05) is 6.42 Å². The fourth-order valence-corrected chi connectivity index (χ4v) is 1.17. The first-order valence-electron chi connectivity index (χ1n) is 3.63. The summed E-state index contributed by atoms with van der Waals surface area (Å²) in [4.78, 5) is 0. The van der Waals surface area contributed by atoms with Gasteiger partial charge < -0.3 is 0 Å². The summed E-state index contributed by atoms with van der Waals surface area (Å²) in [5.41, 5.74) is 0.590. The summed E-state index contributed by atoms with van der Waals surface area (Å²) < 4.78 is 0. The van der Waals surface area contributed by atoms with E-state index in [1.165, 1.54) is 12.8 Å². The zero-order valence-electron chi connectivity index (χ0n) is 6.57. The molecule has 0 bridgehead atoms. The van der Waals surface area contributed by atoms with Crippen LogP contribution in [0, 0.1) is 11.3 Å². The van der Waals surface area contributed by atoms with Gasteiger partial charge in [-0.2, -0.15) is 0 Å². The fraction of sp³-hybridized carbons (Fsp3) is 0.667. The zero-order chi connectivity index (χ0) is 6.91. The SMILES string of the molecule is C/C=C\CC1(C)C[C+]1C. The molecule has 0 aliphatic heterocycles. The second-order valence-corrected chi connectivity index (χ2v) is 3.29. The third-order valence-corrected chi connectivity index (χ3v) is 2.36. The molecule has 0 radical (unpaired) electrons. The smallest absolute Gasteiger partial charge is 0.0915 e. The van der Waals surface area contributed by atoms with E-state index in [-0.39, 0.29) is 0 Å². The Labute approximate surface area is 58.0 Å². The molecule has 0 heterocycles. The van der Waals surface area contributed by atoms with Crippen LogP contribution >= 0.6 is 0 Å². The van der Waals surface area contributed by atoms with Gasteiger partial charge >= 0.3 is 0 Å². The van der Waals surface area contributed by atoms with Crippen LogP contribution in [0.1, 0.15) is 33.6 Å². The van der Waals surface area contributed by atoms with Crippen molar-refractivity contribution in [2.24, 2.45) is 5.41 Å². The molecule has 0 amide bonds. The van der Waals surface area contributed by atoms with Crippen LogP contribution in [0.3, 0.4) is 0 Å². The molecule has 0 N–H and O–H groups in total. The molecular weight excluding hydrogens is 108 g/mol. The number of hydrogen-bond acceptors (Lipinski definition) is 0. The Hall–Kier alpha value is -0.390. The molecule has 0 saturated heterocycles. The second-order valence-electron chi connectivity index (χ2n) is 3.29. The Morgan fingerprint density at radius 3 is 2.56 bits per heavy atom. The lowest BCUT2D eigenvalue weighted by Gasteiger charge is -1.92. The van der Waals surface area contributed by atoms with Gasteiger partial charge in [0.25, 0.3) is 0 Å². The lowest BCUT2D eigenvalue weighted by Crippen LogP contribution is -1.91. The number of hydrogen-bond donors (Lipinski definition) is 0. The molecule has 1 rings (SSSR count). The third kappa shape index (κ3) is 1.29. The van der Waals surface area contributed by atoms with Crippen molar-refractivity contribution >= 4 is 0 Å². The minimum atomic E-state index is 0.590. The Kier molecular flexibility index (Phi) is 1.56. The van der Waals surface area contributed by atoms with Crippen molar-refractivity contribution in [3.63, 3.8) is 0 Å². The number of allylic oxidation sites excluding steroid dienone is 2. The van der Waals surface area contributed by atoms with Crippen molar-refractivity contribution in [1.29, 1.82) is 0 Å². The molecule has 1 aliphatic rings. The highest BCUT2D eigenvalue weighted by atomic mass is 14.5. The van der Waals surface area contributed by atoms with Gasteiger partial charge in [0.2, 0.25) is 0 Å². The van der Waals surface area contributed by atoms with Gasteiger partial charge in [0.1, 0.15) is 12.3 Å². The molecule has 0 heteroatoms. The van der Waals surface area contributed by atoms with Crippen LogP contribution in [-0.2, 0) is 0 Å². The summed E-state index contributed by atoms with van der Waals surface area (Å²) in [6.07, 6.45) is 6.99. The molecule has 0 aromatic carbocycles. The Morgan fingerprint density at radius 2 is 2.22 bits per heavy atom. The van der Waals surface area contributed by atoms with Gasteiger partial charge in [0.05, 0.1) is 6.92 Å². The van der Waals surface area contributed by atoms with Gasteiger partial charge in [-0.25, -0.2) is 0 Å². The third-order valence-electron chi connectivity index (χ3n) is 2.36. The molecule has 0 aromatic rings. The molecule has 50 valence electrons. The molecule has 0 nitrogen and oxygen atoms in total. The van der Waals surface area contributed by atoms with Gasteiger partial charge in [-0.05, 0) is 13.8 Å². The van der Waals surface area contributed by atoms with E-state index in [1.54, 1.807) is 5.92 Å². The molecule has 1 atom stereocenters. The maximum absolute atomic E-state index is 2.34. The molecule has 1 saturated carbocycles. The Balaban J connectivity index is 2.29. The Morgan fingerprint density at radius 1 is 1.67 bits per heavy atom. The first-order valence-corrected chi connectivity index (χ1v) is 3.63. The first kappa shape index (κ1) is 6.73. The lowest BCUT2D eigenvalue weighted by atomic mass is 10.0. The van der Waals surface area contributed by atoms with Crippen LogP contribution in [0.2, 0.25) is 0 Å². The summed E-state index contributed by atoms with van der Waals surface area (Å²) in [5.74, 6) is 1.67. The maximum atomic E-state index is 2.34. The molecule has 1 aliphatic carbocycles. The minimum absolute atomic E-state index is 0.590. The normalized spacial score (nSPS) is 33.9. The van der Waals surface area contributed by atoms with Crippen LogP contribution < -0.4 is 0 Å². The van der Waals surface area contributed by atoms with E-state index in [1.807, 2.05) is 0 Å². The van der Waals surface area contributed by atoms with Crippen LogP contribution in [-0.4, -0.2) is 0 Å². The quantitative estimate of drug-likeness (QED) is 0.391. The highest BCUT2D eigenvalue weighted by Gasteiger charge is 2.59. The van der Waals surface area contributed by atoms with Crippen molar-refractivity contribution in [1.82, 2.24) is 0 Å². The van der Waals surface area contributed by atoms with Crippen LogP contribution in [0.15, 0.2) is 12.2 Å². The minimum Gasteiger partial charge on any atom is -0.0915 e. The van der Waals surface area contributed by atoms with E-state index in [0.29, 0.717) is 5.41 Å². The van der Waals surface area contributed by atoms with Gasteiger partial charge in [-0.15, -0.1) is 0 Å². The summed E-state index contributed by atoms with van der Waals surface area (Å²) in [6.45, 7) is 6.67. The average Bonchev–Trinajstić information content (AvgIpc) is 2.38. The van der Waals surface area contributed by atoms with E-state index < -0.39 is 0 Å². The van der Waals surface area contributed by atoms with Crippen molar-refractivity contribution < 1.29 is 0 Å².